The maximum absolute atomic E-state index is 10.5. The Kier molecular flexibility index (Phi) is 3.01. The maximum Gasteiger partial charge on any atom is 0.358 e. The molecule has 1 heterocycles. The van der Waals surface area contributed by atoms with Gasteiger partial charge in [0.15, 0.2) is 11.5 Å². The average Bonchev–Trinajstić information content (AvgIpc) is 2.86. The van der Waals surface area contributed by atoms with Gasteiger partial charge in [-0.05, 0) is 12.8 Å². The molecule has 1 N–H and O–H groups in total. The molecule has 0 atom stereocenters. The summed E-state index contributed by atoms with van der Waals surface area (Å²) in [4.78, 5) is 10.5. The summed E-state index contributed by atoms with van der Waals surface area (Å²) >= 11 is 0. The number of hydrogen-bond acceptors (Lipinski definition) is 4. The molecule has 82 valence electrons. The van der Waals surface area contributed by atoms with Crippen LogP contribution in [0.4, 0.5) is 0 Å². The Morgan fingerprint density at radius 2 is 2.33 bits per heavy atom. The first-order chi connectivity index (χ1) is 7.25. The molecule has 1 aromatic heterocycles. The van der Waals surface area contributed by atoms with Gasteiger partial charge in [0, 0.05) is 6.07 Å². The van der Waals surface area contributed by atoms with E-state index < -0.39 is 5.97 Å². The molecule has 1 aliphatic rings. The van der Waals surface area contributed by atoms with Crippen molar-refractivity contribution in [1.82, 2.24) is 5.16 Å². The monoisotopic (exact) mass is 211 g/mol. The number of aromatic nitrogens is 1. The Morgan fingerprint density at radius 3 is 2.93 bits per heavy atom. The van der Waals surface area contributed by atoms with Gasteiger partial charge in [0.25, 0.3) is 0 Å². The van der Waals surface area contributed by atoms with Crippen LogP contribution < -0.4 is 0 Å². The maximum atomic E-state index is 10.5. The van der Waals surface area contributed by atoms with Crippen LogP contribution in [-0.2, 0) is 11.3 Å². The molecule has 2 rings (SSSR count). The predicted octanol–water partition coefficient (Wildman–Crippen LogP) is 1.83. The number of carbonyl (C=O) groups is 1. The molecule has 0 unspecified atom stereocenters. The van der Waals surface area contributed by atoms with Crippen LogP contribution in [-0.4, -0.2) is 22.3 Å². The minimum absolute atomic E-state index is 0.0694. The first kappa shape index (κ1) is 10.2. The van der Waals surface area contributed by atoms with Crippen LogP contribution in [0, 0.1) is 0 Å². The van der Waals surface area contributed by atoms with Crippen molar-refractivity contribution in [2.24, 2.45) is 0 Å². The van der Waals surface area contributed by atoms with Crippen LogP contribution in [0.1, 0.15) is 41.9 Å². The van der Waals surface area contributed by atoms with Crippen LogP contribution in [0.3, 0.4) is 0 Å². The normalized spacial score (nSPS) is 17.1. The summed E-state index contributed by atoms with van der Waals surface area (Å²) in [5.41, 5.74) is -0.0694. The third-order valence-corrected chi connectivity index (χ3v) is 2.54. The number of carboxylic acids is 1. The lowest BCUT2D eigenvalue weighted by Gasteiger charge is -2.07. The Morgan fingerprint density at radius 1 is 1.60 bits per heavy atom. The Hall–Kier alpha value is -1.36. The third kappa shape index (κ3) is 2.56. The van der Waals surface area contributed by atoms with Gasteiger partial charge in [0.1, 0.15) is 6.61 Å². The summed E-state index contributed by atoms with van der Waals surface area (Å²) in [6, 6.07) is 1.40. The summed E-state index contributed by atoms with van der Waals surface area (Å²) in [5, 5.41) is 12.0. The van der Waals surface area contributed by atoms with E-state index in [9.17, 15) is 4.79 Å². The van der Waals surface area contributed by atoms with Crippen molar-refractivity contribution in [3.05, 3.63) is 17.5 Å². The van der Waals surface area contributed by atoms with E-state index in [0.717, 1.165) is 12.8 Å². The molecule has 0 bridgehead atoms. The number of ether oxygens (including phenoxy) is 1. The average molecular weight is 211 g/mol. The fourth-order valence-corrected chi connectivity index (χ4v) is 1.74. The summed E-state index contributed by atoms with van der Waals surface area (Å²) in [5.74, 6) is -0.606. The summed E-state index contributed by atoms with van der Waals surface area (Å²) in [6.45, 7) is 0.310. The number of nitrogens with zero attached hydrogens (tertiary/aromatic N) is 1. The molecule has 5 heteroatoms. The molecule has 0 amide bonds. The molecule has 0 aromatic carbocycles. The highest BCUT2D eigenvalue weighted by molar-refractivity contribution is 5.85. The highest BCUT2D eigenvalue weighted by Crippen LogP contribution is 2.22. The summed E-state index contributed by atoms with van der Waals surface area (Å²) in [6.07, 6.45) is 4.88. The molecule has 1 saturated carbocycles. The molecular formula is C10H13NO4. The molecule has 15 heavy (non-hydrogen) atoms. The van der Waals surface area contributed by atoms with E-state index in [4.69, 9.17) is 14.4 Å². The number of aromatic carboxylic acids is 1. The van der Waals surface area contributed by atoms with Gasteiger partial charge in [-0.1, -0.05) is 18.0 Å². The molecule has 0 spiro atoms. The second-order valence-electron chi connectivity index (χ2n) is 3.70. The number of rotatable bonds is 4. The van der Waals surface area contributed by atoms with Gasteiger partial charge < -0.3 is 14.4 Å². The molecule has 1 fully saturated rings. The minimum atomic E-state index is -1.08. The van der Waals surface area contributed by atoms with Gasteiger partial charge in [0.2, 0.25) is 0 Å². The number of carboxylic acid groups (broad SMARTS) is 1. The predicted molar refractivity (Wildman–Crippen MR) is 50.5 cm³/mol. The Balaban J connectivity index is 1.84. The second kappa shape index (κ2) is 4.44. The van der Waals surface area contributed by atoms with Crippen molar-refractivity contribution in [3.8, 4) is 0 Å². The van der Waals surface area contributed by atoms with E-state index in [2.05, 4.69) is 5.16 Å². The van der Waals surface area contributed by atoms with Crippen molar-refractivity contribution in [2.45, 2.75) is 38.4 Å². The SMILES string of the molecule is O=C(O)c1cc(COC2CCCC2)on1. The van der Waals surface area contributed by atoms with Gasteiger partial charge in [-0.25, -0.2) is 4.79 Å². The van der Waals surface area contributed by atoms with Gasteiger partial charge in [-0.2, -0.15) is 0 Å². The van der Waals surface area contributed by atoms with Gasteiger partial charge >= 0.3 is 5.97 Å². The lowest BCUT2D eigenvalue weighted by molar-refractivity contribution is 0.0329. The van der Waals surface area contributed by atoms with Crippen molar-refractivity contribution in [2.75, 3.05) is 0 Å². The summed E-state index contributed by atoms with van der Waals surface area (Å²) in [7, 11) is 0. The highest BCUT2D eigenvalue weighted by atomic mass is 16.5. The second-order valence-corrected chi connectivity index (χ2v) is 3.70. The lowest BCUT2D eigenvalue weighted by atomic mass is 10.3. The smallest absolute Gasteiger partial charge is 0.358 e. The topological polar surface area (TPSA) is 72.6 Å². The van der Waals surface area contributed by atoms with Crippen LogP contribution in [0.5, 0.6) is 0 Å². The fourth-order valence-electron chi connectivity index (χ4n) is 1.74. The zero-order valence-electron chi connectivity index (χ0n) is 8.31. The number of hydrogen-bond donors (Lipinski definition) is 1. The zero-order valence-corrected chi connectivity index (χ0v) is 8.31. The van der Waals surface area contributed by atoms with E-state index in [-0.39, 0.29) is 5.69 Å². The standard InChI is InChI=1S/C10H13NO4/c12-10(13)9-5-8(15-11-9)6-14-7-3-1-2-4-7/h5,7H,1-4,6H2,(H,12,13). The van der Waals surface area contributed by atoms with Crippen LogP contribution in [0.25, 0.3) is 0 Å². The molecule has 0 saturated heterocycles. The van der Waals surface area contributed by atoms with E-state index in [1.165, 1.54) is 18.9 Å². The Bertz CT molecular complexity index is 341. The van der Waals surface area contributed by atoms with Gasteiger partial charge in [-0.15, -0.1) is 0 Å². The zero-order chi connectivity index (χ0) is 10.7. The van der Waals surface area contributed by atoms with Gasteiger partial charge in [-0.3, -0.25) is 0 Å². The third-order valence-electron chi connectivity index (χ3n) is 2.54. The summed E-state index contributed by atoms with van der Waals surface area (Å²) < 4.78 is 10.4. The quantitative estimate of drug-likeness (QED) is 0.822. The van der Waals surface area contributed by atoms with Crippen LogP contribution in [0.15, 0.2) is 10.6 Å². The molecule has 0 radical (unpaired) electrons. The lowest BCUT2D eigenvalue weighted by Crippen LogP contribution is -2.06. The van der Waals surface area contributed by atoms with Crippen LogP contribution >= 0.6 is 0 Å². The largest absolute Gasteiger partial charge is 0.476 e. The van der Waals surface area contributed by atoms with Gasteiger partial charge in [0.05, 0.1) is 6.10 Å². The molecule has 1 aromatic rings. The molecule has 1 aliphatic carbocycles. The van der Waals surface area contributed by atoms with E-state index in [0.29, 0.717) is 18.5 Å². The van der Waals surface area contributed by atoms with Crippen LogP contribution in [0.2, 0.25) is 0 Å². The van der Waals surface area contributed by atoms with Crippen molar-refractivity contribution >= 4 is 5.97 Å². The van der Waals surface area contributed by atoms with E-state index in [1.54, 1.807) is 0 Å². The van der Waals surface area contributed by atoms with Crippen molar-refractivity contribution in [1.29, 1.82) is 0 Å². The van der Waals surface area contributed by atoms with Crippen molar-refractivity contribution < 1.29 is 19.2 Å². The molecular weight excluding hydrogens is 198 g/mol. The first-order valence-electron chi connectivity index (χ1n) is 5.06. The molecule has 0 aliphatic heterocycles. The Labute approximate surface area is 87.0 Å². The van der Waals surface area contributed by atoms with E-state index >= 15 is 0 Å². The first-order valence-corrected chi connectivity index (χ1v) is 5.06. The molecule has 5 nitrogen and oxygen atoms in total. The highest BCUT2D eigenvalue weighted by Gasteiger charge is 2.17. The fraction of sp³-hybridized carbons (Fsp3) is 0.600. The minimum Gasteiger partial charge on any atom is -0.476 e. The van der Waals surface area contributed by atoms with E-state index in [1.807, 2.05) is 0 Å². The van der Waals surface area contributed by atoms with Crippen molar-refractivity contribution in [3.63, 3.8) is 0 Å².